The number of rotatable bonds is 1. The molecular weight excluding hydrogens is 344 g/mol. The summed E-state index contributed by atoms with van der Waals surface area (Å²) >= 11 is 7.54. The molecule has 0 saturated carbocycles. The highest BCUT2D eigenvalue weighted by atomic mass is 35.5. The van der Waals surface area contributed by atoms with Crippen molar-refractivity contribution in [2.75, 3.05) is 4.90 Å². The summed E-state index contributed by atoms with van der Waals surface area (Å²) in [4.78, 5) is 28.2. The summed E-state index contributed by atoms with van der Waals surface area (Å²) in [6, 6.07) is 2.26. The number of halogens is 1. The number of carbonyl (C=O) groups is 2. The number of carbonyl (C=O) groups excluding carboxylic acids is 2. The topological polar surface area (TPSA) is 61.2 Å². The highest BCUT2D eigenvalue weighted by molar-refractivity contribution is 7.17. The first kappa shape index (κ1) is 15.9. The molecule has 1 saturated heterocycles. The predicted molar refractivity (Wildman–Crippen MR) is 92.9 cm³/mol. The molecule has 0 aromatic carbocycles. The van der Waals surface area contributed by atoms with Gasteiger partial charge in [-0.2, -0.15) is 5.26 Å². The van der Waals surface area contributed by atoms with Crippen LogP contribution in [0, 0.1) is 23.2 Å². The van der Waals surface area contributed by atoms with E-state index in [-0.39, 0.29) is 23.7 Å². The van der Waals surface area contributed by atoms with Crippen LogP contribution in [-0.4, -0.2) is 11.8 Å². The lowest BCUT2D eigenvalue weighted by Crippen LogP contribution is -2.30. The quantitative estimate of drug-likeness (QED) is 0.563. The third-order valence-electron chi connectivity index (χ3n) is 5.29. The van der Waals surface area contributed by atoms with Crippen LogP contribution in [0.15, 0.2) is 11.1 Å². The molecule has 1 aromatic heterocycles. The molecule has 1 aromatic rings. The van der Waals surface area contributed by atoms with E-state index in [9.17, 15) is 14.9 Å². The van der Waals surface area contributed by atoms with Gasteiger partial charge in [0.1, 0.15) is 11.1 Å². The fraction of sp³-hybridized carbons (Fsp3) is 0.500. The largest absolute Gasteiger partial charge is 0.274 e. The number of thiophene rings is 1. The van der Waals surface area contributed by atoms with Crippen LogP contribution < -0.4 is 4.90 Å². The zero-order chi connectivity index (χ0) is 16.8. The standard InChI is InChI=1S/C18H17ClN2O2S/c19-10-6-7-12-13(8-10)17(23)21(16(12)22)18-14(9-20)11-4-2-1-3-5-15(11)24-18/h6,12-13H,1-5,7-8H2/t12-,13+/m0/s1. The number of hydrogen-bond donors (Lipinski definition) is 0. The van der Waals surface area contributed by atoms with Gasteiger partial charge in [0.05, 0.1) is 17.4 Å². The van der Waals surface area contributed by atoms with Crippen molar-refractivity contribution in [2.24, 2.45) is 11.8 Å². The molecule has 6 heteroatoms. The molecule has 0 N–H and O–H groups in total. The lowest BCUT2D eigenvalue weighted by Gasteiger charge is -2.17. The number of nitriles is 1. The van der Waals surface area contributed by atoms with Crippen molar-refractivity contribution >= 4 is 39.8 Å². The first-order valence-corrected chi connectivity index (χ1v) is 9.58. The lowest BCUT2D eigenvalue weighted by molar-refractivity contribution is -0.122. The highest BCUT2D eigenvalue weighted by Gasteiger charge is 2.50. The molecular formula is C18H17ClN2O2S. The van der Waals surface area contributed by atoms with Gasteiger partial charge in [0.25, 0.3) is 0 Å². The fourth-order valence-corrected chi connectivity index (χ4v) is 5.63. The van der Waals surface area contributed by atoms with Crippen LogP contribution in [0.25, 0.3) is 0 Å². The molecule has 0 radical (unpaired) electrons. The van der Waals surface area contributed by atoms with E-state index in [1.807, 2.05) is 6.08 Å². The Balaban J connectivity index is 1.76. The van der Waals surface area contributed by atoms with E-state index < -0.39 is 0 Å². The normalized spacial score (nSPS) is 26.5. The molecule has 0 spiro atoms. The van der Waals surface area contributed by atoms with Crippen molar-refractivity contribution in [3.8, 4) is 6.07 Å². The van der Waals surface area contributed by atoms with Crippen LogP contribution in [0.3, 0.4) is 0 Å². The average molecular weight is 361 g/mol. The van der Waals surface area contributed by atoms with Gasteiger partial charge in [-0.05, 0) is 44.1 Å². The minimum atomic E-state index is -0.372. The van der Waals surface area contributed by atoms with Gasteiger partial charge in [-0.25, -0.2) is 4.90 Å². The summed E-state index contributed by atoms with van der Waals surface area (Å²) in [5.74, 6) is -1.06. The van der Waals surface area contributed by atoms with Crippen molar-refractivity contribution in [3.05, 3.63) is 27.1 Å². The van der Waals surface area contributed by atoms with E-state index >= 15 is 0 Å². The Bertz CT molecular complexity index is 805. The Morgan fingerprint density at radius 3 is 2.71 bits per heavy atom. The molecule has 4 rings (SSSR count). The van der Waals surface area contributed by atoms with Crippen LogP contribution >= 0.6 is 22.9 Å². The molecule has 0 unspecified atom stereocenters. The van der Waals surface area contributed by atoms with Gasteiger partial charge in [-0.1, -0.05) is 24.1 Å². The maximum atomic E-state index is 12.9. The average Bonchev–Trinajstić information content (AvgIpc) is 2.90. The van der Waals surface area contributed by atoms with Gasteiger partial charge in [-0.15, -0.1) is 11.3 Å². The van der Waals surface area contributed by atoms with Gasteiger partial charge >= 0.3 is 0 Å². The molecule has 2 aliphatic carbocycles. The Kier molecular flexibility index (Phi) is 3.98. The van der Waals surface area contributed by atoms with Crippen LogP contribution in [0.1, 0.15) is 48.1 Å². The fourth-order valence-electron chi connectivity index (χ4n) is 4.03. The summed E-state index contributed by atoms with van der Waals surface area (Å²) in [6.07, 6.45) is 7.91. The van der Waals surface area contributed by atoms with Gasteiger partial charge in [0, 0.05) is 9.91 Å². The number of aryl methyl sites for hydroxylation is 1. The molecule has 1 aliphatic heterocycles. The molecule has 0 bridgehead atoms. The molecule has 1 fully saturated rings. The number of amides is 2. The monoisotopic (exact) mass is 360 g/mol. The number of hydrogen-bond acceptors (Lipinski definition) is 4. The van der Waals surface area contributed by atoms with E-state index in [2.05, 4.69) is 6.07 Å². The summed E-state index contributed by atoms with van der Waals surface area (Å²) in [6.45, 7) is 0. The van der Waals surface area contributed by atoms with Gasteiger partial charge in [0.2, 0.25) is 11.8 Å². The van der Waals surface area contributed by atoms with Crippen molar-refractivity contribution in [2.45, 2.75) is 44.9 Å². The zero-order valence-corrected chi connectivity index (χ0v) is 14.8. The summed E-state index contributed by atoms with van der Waals surface area (Å²) < 4.78 is 0. The van der Waals surface area contributed by atoms with E-state index in [1.165, 1.54) is 21.1 Å². The minimum absolute atomic E-state index is 0.168. The highest BCUT2D eigenvalue weighted by Crippen LogP contribution is 2.46. The third kappa shape index (κ3) is 2.32. The first-order chi connectivity index (χ1) is 11.6. The molecule has 2 amide bonds. The van der Waals surface area contributed by atoms with E-state index in [4.69, 9.17) is 11.6 Å². The maximum Gasteiger partial charge on any atom is 0.238 e. The second-order valence-electron chi connectivity index (χ2n) is 6.67. The molecule has 2 atom stereocenters. The summed E-state index contributed by atoms with van der Waals surface area (Å²) in [5.41, 5.74) is 1.60. The summed E-state index contributed by atoms with van der Waals surface area (Å²) in [7, 11) is 0. The number of allylic oxidation sites excluding steroid dienone is 2. The number of nitrogens with zero attached hydrogens (tertiary/aromatic N) is 2. The first-order valence-electron chi connectivity index (χ1n) is 8.38. The van der Waals surface area contributed by atoms with Crippen molar-refractivity contribution in [1.29, 1.82) is 5.26 Å². The van der Waals surface area contributed by atoms with E-state index in [0.29, 0.717) is 28.4 Å². The van der Waals surface area contributed by atoms with E-state index in [0.717, 1.165) is 37.7 Å². The molecule has 2 heterocycles. The van der Waals surface area contributed by atoms with Crippen LogP contribution in [0.5, 0.6) is 0 Å². The molecule has 124 valence electrons. The Hall–Kier alpha value is -1.64. The van der Waals surface area contributed by atoms with Crippen molar-refractivity contribution < 1.29 is 9.59 Å². The number of anilines is 1. The van der Waals surface area contributed by atoms with E-state index in [1.54, 1.807) is 0 Å². The predicted octanol–water partition coefficient (Wildman–Crippen LogP) is 3.91. The van der Waals surface area contributed by atoms with Gasteiger partial charge in [0.15, 0.2) is 0 Å². The minimum Gasteiger partial charge on any atom is -0.274 e. The lowest BCUT2D eigenvalue weighted by atomic mass is 9.85. The van der Waals surface area contributed by atoms with Crippen molar-refractivity contribution in [1.82, 2.24) is 0 Å². The second-order valence-corrected chi connectivity index (χ2v) is 8.24. The zero-order valence-electron chi connectivity index (χ0n) is 13.2. The van der Waals surface area contributed by atoms with Crippen molar-refractivity contribution in [3.63, 3.8) is 0 Å². The Morgan fingerprint density at radius 1 is 1.17 bits per heavy atom. The SMILES string of the molecule is N#Cc1c(N2C(=O)[C@H]3CC=C(Cl)C[C@H]3C2=O)sc2c1CCCCC2. The molecule has 4 nitrogen and oxygen atoms in total. The van der Waals surface area contributed by atoms with Crippen LogP contribution in [-0.2, 0) is 22.4 Å². The Labute approximate surface area is 149 Å². The number of fused-ring (bicyclic) bond motifs is 2. The third-order valence-corrected chi connectivity index (χ3v) is 6.87. The van der Waals surface area contributed by atoms with Gasteiger partial charge in [-0.3, -0.25) is 9.59 Å². The smallest absolute Gasteiger partial charge is 0.238 e. The van der Waals surface area contributed by atoms with Crippen LogP contribution in [0.4, 0.5) is 5.00 Å². The Morgan fingerprint density at radius 2 is 1.92 bits per heavy atom. The molecule has 3 aliphatic rings. The second kappa shape index (κ2) is 6.02. The number of imide groups is 1. The van der Waals surface area contributed by atoms with Gasteiger partial charge < -0.3 is 0 Å². The molecule has 24 heavy (non-hydrogen) atoms. The van der Waals surface area contributed by atoms with Crippen LogP contribution in [0.2, 0.25) is 0 Å². The maximum absolute atomic E-state index is 12.9. The summed E-state index contributed by atoms with van der Waals surface area (Å²) in [5, 5.41) is 10.9.